The van der Waals surface area contributed by atoms with E-state index < -0.39 is 26.7 Å². The molecule has 172 valence electrons. The Morgan fingerprint density at radius 1 is 1.03 bits per heavy atom. The van der Waals surface area contributed by atoms with Crippen LogP contribution in [-0.4, -0.2) is 59.6 Å². The fourth-order valence-corrected chi connectivity index (χ4v) is 7.01. The molecular formula is C20H25Cl3N2O4S2. The maximum Gasteiger partial charge on any atom is 0.264 e. The molecule has 1 saturated heterocycles. The lowest BCUT2D eigenvalue weighted by atomic mass is 10.2. The van der Waals surface area contributed by atoms with E-state index in [-0.39, 0.29) is 9.92 Å². The van der Waals surface area contributed by atoms with Gasteiger partial charge in [0.05, 0.1) is 27.1 Å². The molecular weight excluding hydrogens is 503 g/mol. The van der Waals surface area contributed by atoms with Crippen molar-refractivity contribution >= 4 is 61.1 Å². The summed E-state index contributed by atoms with van der Waals surface area (Å²) in [4.78, 5) is 2.22. The zero-order chi connectivity index (χ0) is 22.8. The van der Waals surface area contributed by atoms with Crippen molar-refractivity contribution in [3.05, 3.63) is 57.5 Å². The normalized spacial score (nSPS) is 19.0. The number of hydrogen-bond acceptors (Lipinski definition) is 5. The van der Waals surface area contributed by atoms with Gasteiger partial charge in [0, 0.05) is 35.7 Å². The summed E-state index contributed by atoms with van der Waals surface area (Å²) >= 11 is 18.5. The zero-order valence-electron chi connectivity index (χ0n) is 16.9. The highest BCUT2D eigenvalue weighted by molar-refractivity contribution is 8.24. The average molecular weight is 528 g/mol. The summed E-state index contributed by atoms with van der Waals surface area (Å²) in [5.74, 6) is 0.683. The lowest BCUT2D eigenvalue weighted by Gasteiger charge is -2.41. The van der Waals surface area contributed by atoms with Crippen LogP contribution in [0.2, 0.25) is 15.1 Å². The molecule has 2 N–H and O–H groups in total. The summed E-state index contributed by atoms with van der Waals surface area (Å²) in [6.07, 6.45) is 0.523. The van der Waals surface area contributed by atoms with E-state index in [1.54, 1.807) is 18.2 Å². The minimum atomic E-state index is -3.94. The third kappa shape index (κ3) is 6.21. The second-order valence-corrected chi connectivity index (χ2v) is 13.1. The van der Waals surface area contributed by atoms with Gasteiger partial charge >= 0.3 is 0 Å². The Bertz CT molecular complexity index is 1010. The predicted molar refractivity (Wildman–Crippen MR) is 131 cm³/mol. The monoisotopic (exact) mass is 526 g/mol. The summed E-state index contributed by atoms with van der Waals surface area (Å²) in [6.45, 7) is 3.57. The largest absolute Gasteiger partial charge is 0.300 e. The molecule has 0 spiro atoms. The van der Waals surface area contributed by atoms with Gasteiger partial charge in [0.15, 0.2) is 0 Å². The quantitative estimate of drug-likeness (QED) is 0.484. The van der Waals surface area contributed by atoms with Gasteiger partial charge in [0.2, 0.25) is 0 Å². The number of anilines is 1. The molecule has 0 radical (unpaired) electrons. The van der Waals surface area contributed by atoms with Gasteiger partial charge in [-0.3, -0.25) is 13.4 Å². The van der Waals surface area contributed by atoms with Crippen LogP contribution in [0.1, 0.15) is 13.3 Å². The smallest absolute Gasteiger partial charge is 0.264 e. The van der Waals surface area contributed by atoms with Crippen LogP contribution < -0.4 is 4.31 Å². The van der Waals surface area contributed by atoms with Crippen LogP contribution in [0.15, 0.2) is 47.4 Å². The highest BCUT2D eigenvalue weighted by Crippen LogP contribution is 2.40. The fraction of sp³-hybridized carbons (Fsp3) is 0.400. The predicted octanol–water partition coefficient (Wildman–Crippen LogP) is 5.69. The van der Waals surface area contributed by atoms with E-state index in [2.05, 4.69) is 4.90 Å². The van der Waals surface area contributed by atoms with E-state index in [0.717, 1.165) is 0 Å². The van der Waals surface area contributed by atoms with E-state index in [1.165, 1.54) is 28.6 Å². The third-order valence-electron chi connectivity index (χ3n) is 5.25. The number of rotatable bonds is 7. The first-order chi connectivity index (χ1) is 14.5. The fourth-order valence-electron chi connectivity index (χ4n) is 3.45. The van der Waals surface area contributed by atoms with Gasteiger partial charge in [-0.1, -0.05) is 34.8 Å². The second kappa shape index (κ2) is 10.1. The van der Waals surface area contributed by atoms with Crippen LogP contribution in [0.5, 0.6) is 0 Å². The molecule has 3 rings (SSSR count). The van der Waals surface area contributed by atoms with E-state index in [4.69, 9.17) is 34.8 Å². The summed E-state index contributed by atoms with van der Waals surface area (Å²) in [7, 11) is -6.42. The number of sulfonamides is 1. The van der Waals surface area contributed by atoms with Crippen LogP contribution in [0.25, 0.3) is 0 Å². The number of nitrogens with zero attached hydrogens (tertiary/aromatic N) is 2. The van der Waals surface area contributed by atoms with E-state index in [1.807, 2.05) is 6.92 Å². The van der Waals surface area contributed by atoms with E-state index in [0.29, 0.717) is 53.3 Å². The van der Waals surface area contributed by atoms with Crippen LogP contribution in [0.3, 0.4) is 0 Å². The lowest BCUT2D eigenvalue weighted by Crippen LogP contribution is -2.43. The molecule has 0 aliphatic carbocycles. The number of hydrogen-bond donors (Lipinski definition) is 2. The SMILES string of the molecule is C[C@H](CCN1CCS(O)(O)CC1)N(c1cc(Cl)ccc1Cl)S(=O)(=O)c1ccc(Cl)cc1. The molecule has 0 bridgehead atoms. The van der Waals surface area contributed by atoms with Gasteiger partial charge in [0.25, 0.3) is 10.0 Å². The Balaban J connectivity index is 1.89. The molecule has 2 aromatic carbocycles. The van der Waals surface area contributed by atoms with Crippen molar-refractivity contribution in [2.24, 2.45) is 0 Å². The molecule has 31 heavy (non-hydrogen) atoms. The Hall–Kier alpha value is -0.710. The second-order valence-electron chi connectivity index (χ2n) is 7.54. The Morgan fingerprint density at radius 2 is 1.61 bits per heavy atom. The van der Waals surface area contributed by atoms with Gasteiger partial charge in [-0.25, -0.2) is 8.42 Å². The van der Waals surface area contributed by atoms with E-state index >= 15 is 0 Å². The van der Waals surface area contributed by atoms with Crippen molar-refractivity contribution in [2.75, 3.05) is 35.4 Å². The Kier molecular flexibility index (Phi) is 8.08. The molecule has 1 aliphatic rings. The summed E-state index contributed by atoms with van der Waals surface area (Å²) in [5, 5.41) is 1.10. The molecule has 0 amide bonds. The van der Waals surface area contributed by atoms with Gasteiger partial charge in [-0.15, -0.1) is 0 Å². The number of benzene rings is 2. The average Bonchev–Trinajstić information content (AvgIpc) is 2.70. The molecule has 6 nitrogen and oxygen atoms in total. The van der Waals surface area contributed by atoms with Crippen LogP contribution >= 0.6 is 45.4 Å². The first-order valence-electron chi connectivity index (χ1n) is 9.70. The molecule has 0 saturated carbocycles. The molecule has 2 aromatic rings. The van der Waals surface area contributed by atoms with Crippen LogP contribution in [-0.2, 0) is 10.0 Å². The van der Waals surface area contributed by atoms with Crippen molar-refractivity contribution in [1.29, 1.82) is 0 Å². The number of halogens is 3. The summed E-state index contributed by atoms with van der Waals surface area (Å²) < 4.78 is 48.1. The Labute approximate surface area is 200 Å². The first-order valence-corrected chi connectivity index (χ1v) is 14.2. The topological polar surface area (TPSA) is 81.1 Å². The molecule has 1 aliphatic heterocycles. The van der Waals surface area contributed by atoms with Gasteiger partial charge in [0.1, 0.15) is 0 Å². The lowest BCUT2D eigenvalue weighted by molar-refractivity contribution is 0.276. The first kappa shape index (κ1) is 24.9. The highest BCUT2D eigenvalue weighted by atomic mass is 35.5. The van der Waals surface area contributed by atoms with Gasteiger partial charge in [-0.2, -0.15) is 10.6 Å². The third-order valence-corrected chi connectivity index (χ3v) is 9.67. The van der Waals surface area contributed by atoms with Crippen molar-refractivity contribution in [2.45, 2.75) is 24.3 Å². The van der Waals surface area contributed by atoms with Crippen molar-refractivity contribution in [3.63, 3.8) is 0 Å². The molecule has 1 heterocycles. The van der Waals surface area contributed by atoms with Gasteiger partial charge < -0.3 is 4.90 Å². The van der Waals surface area contributed by atoms with Crippen molar-refractivity contribution in [1.82, 2.24) is 4.90 Å². The minimum absolute atomic E-state index is 0.103. The Morgan fingerprint density at radius 3 is 2.23 bits per heavy atom. The summed E-state index contributed by atoms with van der Waals surface area (Å²) in [6, 6.07) is 10.3. The maximum absolute atomic E-state index is 13.6. The highest BCUT2D eigenvalue weighted by Gasteiger charge is 2.32. The summed E-state index contributed by atoms with van der Waals surface area (Å²) in [5.41, 5.74) is 0.310. The zero-order valence-corrected chi connectivity index (χ0v) is 20.8. The molecule has 0 unspecified atom stereocenters. The van der Waals surface area contributed by atoms with Crippen molar-refractivity contribution < 1.29 is 17.5 Å². The standard InChI is InChI=1S/C20H25Cl3N2O4S2/c1-15(8-9-24-10-12-30(26,27)13-11-24)25(20-14-17(22)4-7-19(20)23)31(28,29)18-5-2-16(21)3-6-18/h2-7,14-15,26-27H,8-13H2,1H3/t15-/m1/s1. The minimum Gasteiger partial charge on any atom is -0.300 e. The maximum atomic E-state index is 13.6. The van der Waals surface area contributed by atoms with E-state index in [9.17, 15) is 17.5 Å². The van der Waals surface area contributed by atoms with Crippen molar-refractivity contribution in [3.8, 4) is 0 Å². The van der Waals surface area contributed by atoms with Crippen LogP contribution in [0.4, 0.5) is 5.69 Å². The molecule has 1 fully saturated rings. The van der Waals surface area contributed by atoms with Gasteiger partial charge in [-0.05, 0) is 55.8 Å². The molecule has 11 heteroatoms. The van der Waals surface area contributed by atoms with Crippen LogP contribution in [0, 0.1) is 0 Å². The molecule has 0 aromatic heterocycles. The molecule has 1 atom stereocenters.